The van der Waals surface area contributed by atoms with Crippen LogP contribution in [0.5, 0.6) is 5.75 Å². The summed E-state index contributed by atoms with van der Waals surface area (Å²) in [5.41, 5.74) is 3.52. The molecule has 1 fully saturated rings. The van der Waals surface area contributed by atoms with Crippen molar-refractivity contribution >= 4 is 57.3 Å². The number of carbonyl (C=O) groups excluding carboxylic acids is 1. The molecule has 0 saturated heterocycles. The maximum Gasteiger partial charge on any atom is 0.254 e. The van der Waals surface area contributed by atoms with Crippen molar-refractivity contribution in [1.82, 2.24) is 10.7 Å². The van der Waals surface area contributed by atoms with Crippen molar-refractivity contribution in [3.63, 3.8) is 0 Å². The molecule has 0 radical (unpaired) electrons. The Kier molecular flexibility index (Phi) is 8.91. The third-order valence-electron chi connectivity index (χ3n) is 3.93. The Morgan fingerprint density at radius 3 is 2.52 bits per heavy atom. The van der Waals surface area contributed by atoms with Crippen LogP contribution in [0, 0.1) is 7.14 Å². The summed E-state index contributed by atoms with van der Waals surface area (Å²) in [6, 6.07) is 4.47. The van der Waals surface area contributed by atoms with E-state index in [-0.39, 0.29) is 12.0 Å². The molecule has 0 aromatic heterocycles. The van der Waals surface area contributed by atoms with Gasteiger partial charge in [-0.25, -0.2) is 5.43 Å². The van der Waals surface area contributed by atoms with E-state index in [4.69, 9.17) is 4.74 Å². The molecular weight excluding hydrogens is 544 g/mol. The molecule has 25 heavy (non-hydrogen) atoms. The van der Waals surface area contributed by atoms with Crippen LogP contribution in [0.15, 0.2) is 17.2 Å². The zero-order valence-corrected chi connectivity index (χ0v) is 19.0. The average molecular weight is 569 g/mol. The highest BCUT2D eigenvalue weighted by atomic mass is 127. The second kappa shape index (κ2) is 10.7. The van der Waals surface area contributed by atoms with Gasteiger partial charge in [-0.2, -0.15) is 5.10 Å². The summed E-state index contributed by atoms with van der Waals surface area (Å²) in [6.45, 7) is 4.34. The van der Waals surface area contributed by atoms with Gasteiger partial charge in [0.25, 0.3) is 5.91 Å². The number of hydrazone groups is 1. The van der Waals surface area contributed by atoms with Crippen molar-refractivity contribution in [1.29, 1.82) is 0 Å². The van der Waals surface area contributed by atoms with E-state index in [0.717, 1.165) is 31.3 Å². The number of benzene rings is 1. The molecule has 2 N–H and O–H groups in total. The van der Waals surface area contributed by atoms with E-state index < -0.39 is 0 Å². The molecule has 7 heteroatoms. The fourth-order valence-corrected chi connectivity index (χ4v) is 4.83. The summed E-state index contributed by atoms with van der Waals surface area (Å²) in [4.78, 5) is 11.9. The summed E-state index contributed by atoms with van der Waals surface area (Å²) in [6.07, 6.45) is 7.96. The van der Waals surface area contributed by atoms with Gasteiger partial charge in [-0.1, -0.05) is 19.3 Å². The van der Waals surface area contributed by atoms with Gasteiger partial charge in [-0.05, 0) is 89.6 Å². The van der Waals surface area contributed by atoms with Gasteiger partial charge in [0.1, 0.15) is 5.75 Å². The number of rotatable bonds is 7. The van der Waals surface area contributed by atoms with E-state index >= 15 is 0 Å². The van der Waals surface area contributed by atoms with Crippen molar-refractivity contribution in [3.05, 3.63) is 24.8 Å². The van der Waals surface area contributed by atoms with Crippen molar-refractivity contribution in [2.45, 2.75) is 58.1 Å². The second-order valence-corrected chi connectivity index (χ2v) is 8.81. The molecule has 1 aliphatic rings. The first-order valence-corrected chi connectivity index (χ1v) is 10.8. The molecule has 138 valence electrons. The zero-order valence-electron chi connectivity index (χ0n) is 14.6. The minimum atomic E-state index is -0.106. The topological polar surface area (TPSA) is 62.7 Å². The van der Waals surface area contributed by atoms with Gasteiger partial charge in [-0.15, -0.1) is 0 Å². The first-order chi connectivity index (χ1) is 12.0. The summed E-state index contributed by atoms with van der Waals surface area (Å²) in [7, 11) is 0. The SMILES string of the molecule is CC(C)Oc1c(I)cc(/C=N\NC(=O)CNC2CCCCC2)cc1I. The number of amides is 1. The largest absolute Gasteiger partial charge is 0.489 e. The van der Waals surface area contributed by atoms with Crippen LogP contribution in [0.2, 0.25) is 0 Å². The number of ether oxygens (including phenoxy) is 1. The number of hydrogen-bond donors (Lipinski definition) is 2. The van der Waals surface area contributed by atoms with Gasteiger partial charge >= 0.3 is 0 Å². The van der Waals surface area contributed by atoms with Gasteiger partial charge in [-0.3, -0.25) is 4.79 Å². The quantitative estimate of drug-likeness (QED) is 0.296. The number of nitrogens with zero attached hydrogens (tertiary/aromatic N) is 1. The lowest BCUT2D eigenvalue weighted by Crippen LogP contribution is -2.38. The van der Waals surface area contributed by atoms with E-state index in [1.807, 2.05) is 26.0 Å². The number of hydrogen-bond acceptors (Lipinski definition) is 4. The molecular formula is C18H25I2N3O2. The van der Waals surface area contributed by atoms with Crippen LogP contribution in [0.3, 0.4) is 0 Å². The molecule has 1 aliphatic carbocycles. The molecule has 1 aromatic carbocycles. The molecule has 2 rings (SSSR count). The zero-order chi connectivity index (χ0) is 18.2. The molecule has 1 aromatic rings. The van der Waals surface area contributed by atoms with E-state index in [9.17, 15) is 4.79 Å². The van der Waals surface area contributed by atoms with E-state index in [0.29, 0.717) is 12.6 Å². The lowest BCUT2D eigenvalue weighted by molar-refractivity contribution is -0.120. The van der Waals surface area contributed by atoms with E-state index in [1.54, 1.807) is 6.21 Å². The molecule has 0 heterocycles. The molecule has 1 amide bonds. The number of carbonyl (C=O) groups is 1. The summed E-state index contributed by atoms with van der Waals surface area (Å²) >= 11 is 4.52. The Morgan fingerprint density at radius 2 is 1.92 bits per heavy atom. The number of halogens is 2. The van der Waals surface area contributed by atoms with Crippen molar-refractivity contribution in [2.24, 2.45) is 5.10 Å². The lowest BCUT2D eigenvalue weighted by Gasteiger charge is -2.22. The first-order valence-electron chi connectivity index (χ1n) is 8.66. The lowest BCUT2D eigenvalue weighted by atomic mass is 9.95. The standard InChI is InChI=1S/C18H25I2N3O2/c1-12(2)25-18-15(19)8-13(9-16(18)20)10-22-23-17(24)11-21-14-6-4-3-5-7-14/h8-10,12,14,21H,3-7,11H2,1-2H3,(H,23,24)/b22-10-. The molecule has 5 nitrogen and oxygen atoms in total. The highest BCUT2D eigenvalue weighted by Crippen LogP contribution is 2.29. The van der Waals surface area contributed by atoms with Crippen LogP contribution < -0.4 is 15.5 Å². The van der Waals surface area contributed by atoms with Gasteiger partial charge in [0, 0.05) is 6.04 Å². The highest BCUT2D eigenvalue weighted by molar-refractivity contribution is 14.1. The van der Waals surface area contributed by atoms with Crippen LogP contribution in [0.4, 0.5) is 0 Å². The van der Waals surface area contributed by atoms with Gasteiger partial charge < -0.3 is 10.1 Å². The first kappa shape index (κ1) is 20.9. The summed E-state index contributed by atoms with van der Waals surface area (Å²) < 4.78 is 7.89. The Balaban J connectivity index is 1.83. The van der Waals surface area contributed by atoms with Crippen LogP contribution >= 0.6 is 45.2 Å². The van der Waals surface area contributed by atoms with Gasteiger partial charge in [0.2, 0.25) is 0 Å². The van der Waals surface area contributed by atoms with Gasteiger partial charge in [0.15, 0.2) is 0 Å². The van der Waals surface area contributed by atoms with Crippen molar-refractivity contribution in [3.8, 4) is 5.75 Å². The molecule has 0 unspecified atom stereocenters. The maximum absolute atomic E-state index is 11.9. The fourth-order valence-electron chi connectivity index (χ4n) is 2.76. The second-order valence-electron chi connectivity index (χ2n) is 6.49. The van der Waals surface area contributed by atoms with Crippen LogP contribution in [0.1, 0.15) is 51.5 Å². The van der Waals surface area contributed by atoms with Crippen LogP contribution in [-0.4, -0.2) is 30.8 Å². The summed E-state index contributed by atoms with van der Waals surface area (Å²) in [5.74, 6) is 0.792. The van der Waals surface area contributed by atoms with Crippen molar-refractivity contribution in [2.75, 3.05) is 6.54 Å². The highest BCUT2D eigenvalue weighted by Gasteiger charge is 2.13. The Labute approximate surface area is 177 Å². The van der Waals surface area contributed by atoms with E-state index in [1.165, 1.54) is 19.3 Å². The van der Waals surface area contributed by atoms with Gasteiger partial charge in [0.05, 0.1) is 26.0 Å². The minimum Gasteiger partial charge on any atom is -0.489 e. The molecule has 0 spiro atoms. The molecule has 0 atom stereocenters. The third kappa shape index (κ3) is 7.38. The Hall–Kier alpha value is -0.420. The van der Waals surface area contributed by atoms with E-state index in [2.05, 4.69) is 61.0 Å². The molecule has 1 saturated carbocycles. The predicted octanol–water partition coefficient (Wildman–Crippen LogP) is 4.06. The minimum absolute atomic E-state index is 0.106. The maximum atomic E-state index is 11.9. The van der Waals surface area contributed by atoms with Crippen LogP contribution in [0.25, 0.3) is 0 Å². The van der Waals surface area contributed by atoms with Crippen molar-refractivity contribution < 1.29 is 9.53 Å². The monoisotopic (exact) mass is 569 g/mol. The fraction of sp³-hybridized carbons (Fsp3) is 0.556. The smallest absolute Gasteiger partial charge is 0.254 e. The predicted molar refractivity (Wildman–Crippen MR) is 118 cm³/mol. The third-order valence-corrected chi connectivity index (χ3v) is 5.54. The Bertz CT molecular complexity index is 591. The molecule has 0 bridgehead atoms. The molecule has 0 aliphatic heterocycles. The van der Waals surface area contributed by atoms with Crippen LogP contribution in [-0.2, 0) is 4.79 Å². The Morgan fingerprint density at radius 1 is 1.28 bits per heavy atom. The normalized spacial score (nSPS) is 15.7. The number of nitrogens with one attached hydrogen (secondary N) is 2. The average Bonchev–Trinajstić information content (AvgIpc) is 2.57. The summed E-state index contributed by atoms with van der Waals surface area (Å²) in [5, 5.41) is 7.38.